The number of carbonyl (C=O) groups excluding carboxylic acids is 2. The Labute approximate surface area is 183 Å². The molecule has 3 aromatic heterocycles. The molecule has 4 rings (SSSR count). The standard InChI is InChI=1S/C23H22N4O3S/c1-13-15(3)31-22(19(13)23(29)30-4)25-18(28)12-27-21-20(14(2)26-27)17(10-11-24-21)16-8-6-5-7-9-16/h5-11H,12H2,1-4H3,(H,25,28). The van der Waals surface area contributed by atoms with E-state index in [1.807, 2.05) is 57.2 Å². The molecule has 0 saturated carbocycles. The van der Waals surface area contributed by atoms with E-state index in [9.17, 15) is 9.59 Å². The Morgan fingerprint density at radius 3 is 2.58 bits per heavy atom. The predicted molar refractivity (Wildman–Crippen MR) is 121 cm³/mol. The Balaban J connectivity index is 1.66. The van der Waals surface area contributed by atoms with E-state index in [-0.39, 0.29) is 12.5 Å². The van der Waals surface area contributed by atoms with Gasteiger partial charge in [-0.05, 0) is 43.5 Å². The molecule has 0 aliphatic rings. The SMILES string of the molecule is COC(=O)c1c(NC(=O)Cn2nc(C)c3c(-c4ccccc4)ccnc32)sc(C)c1C. The minimum Gasteiger partial charge on any atom is -0.465 e. The van der Waals surface area contributed by atoms with Gasteiger partial charge in [-0.3, -0.25) is 4.79 Å². The zero-order chi connectivity index (χ0) is 22.1. The maximum absolute atomic E-state index is 12.8. The van der Waals surface area contributed by atoms with Crippen molar-refractivity contribution in [2.45, 2.75) is 27.3 Å². The lowest BCUT2D eigenvalue weighted by Crippen LogP contribution is -2.20. The van der Waals surface area contributed by atoms with Gasteiger partial charge in [0.25, 0.3) is 0 Å². The van der Waals surface area contributed by atoms with Crippen LogP contribution in [0.2, 0.25) is 0 Å². The second-order valence-corrected chi connectivity index (χ2v) is 8.42. The van der Waals surface area contributed by atoms with Crippen LogP contribution in [0.15, 0.2) is 42.6 Å². The largest absolute Gasteiger partial charge is 0.465 e. The van der Waals surface area contributed by atoms with Crippen molar-refractivity contribution < 1.29 is 14.3 Å². The fourth-order valence-electron chi connectivity index (χ4n) is 3.62. The van der Waals surface area contributed by atoms with E-state index in [1.54, 1.807) is 10.9 Å². The molecule has 3 heterocycles. The number of esters is 1. The number of thiophene rings is 1. The van der Waals surface area contributed by atoms with Crippen molar-refractivity contribution in [1.82, 2.24) is 14.8 Å². The van der Waals surface area contributed by atoms with Gasteiger partial charge < -0.3 is 10.1 Å². The van der Waals surface area contributed by atoms with E-state index in [2.05, 4.69) is 15.4 Å². The van der Waals surface area contributed by atoms with Crippen LogP contribution in [0, 0.1) is 20.8 Å². The average Bonchev–Trinajstić information content (AvgIpc) is 3.23. The lowest BCUT2D eigenvalue weighted by molar-refractivity contribution is -0.116. The number of nitrogens with zero attached hydrogens (tertiary/aromatic N) is 3. The van der Waals surface area contributed by atoms with Crippen molar-refractivity contribution in [3.05, 3.63) is 64.3 Å². The smallest absolute Gasteiger partial charge is 0.341 e. The van der Waals surface area contributed by atoms with Gasteiger partial charge in [0.1, 0.15) is 11.5 Å². The number of amides is 1. The third-order valence-corrected chi connectivity index (χ3v) is 6.34. The summed E-state index contributed by atoms with van der Waals surface area (Å²) in [6.45, 7) is 5.63. The van der Waals surface area contributed by atoms with Crippen LogP contribution >= 0.6 is 11.3 Å². The summed E-state index contributed by atoms with van der Waals surface area (Å²) in [7, 11) is 1.33. The minimum absolute atomic E-state index is 0.0216. The molecule has 0 atom stereocenters. The third-order valence-electron chi connectivity index (χ3n) is 5.21. The molecular weight excluding hydrogens is 412 g/mol. The van der Waals surface area contributed by atoms with Crippen LogP contribution in [0.3, 0.4) is 0 Å². The number of rotatable bonds is 5. The highest BCUT2D eigenvalue weighted by Gasteiger charge is 2.22. The monoisotopic (exact) mass is 434 g/mol. The van der Waals surface area contributed by atoms with Crippen molar-refractivity contribution in [3.8, 4) is 11.1 Å². The second-order valence-electron chi connectivity index (χ2n) is 7.19. The molecule has 7 nitrogen and oxygen atoms in total. The van der Waals surface area contributed by atoms with Crippen LogP contribution in [0.5, 0.6) is 0 Å². The molecule has 8 heteroatoms. The summed E-state index contributed by atoms with van der Waals surface area (Å²) in [5.41, 5.74) is 4.72. The number of aryl methyl sites for hydroxylation is 2. The molecule has 0 fully saturated rings. The Bertz CT molecular complexity index is 1290. The van der Waals surface area contributed by atoms with Gasteiger partial charge in [0.2, 0.25) is 5.91 Å². The summed E-state index contributed by atoms with van der Waals surface area (Å²) < 4.78 is 6.47. The fraction of sp³-hybridized carbons (Fsp3) is 0.217. The molecule has 0 unspecified atom stereocenters. The fourth-order valence-corrected chi connectivity index (χ4v) is 4.68. The highest BCUT2D eigenvalue weighted by atomic mass is 32.1. The van der Waals surface area contributed by atoms with Crippen molar-refractivity contribution in [2.75, 3.05) is 12.4 Å². The van der Waals surface area contributed by atoms with Crippen molar-refractivity contribution >= 4 is 39.2 Å². The van der Waals surface area contributed by atoms with Gasteiger partial charge in [0, 0.05) is 16.5 Å². The number of pyridine rings is 1. The van der Waals surface area contributed by atoms with E-state index < -0.39 is 5.97 Å². The number of benzene rings is 1. The average molecular weight is 435 g/mol. The van der Waals surface area contributed by atoms with Crippen LogP contribution in [0.4, 0.5) is 5.00 Å². The predicted octanol–water partition coefficient (Wildman–Crippen LogP) is 4.51. The molecule has 31 heavy (non-hydrogen) atoms. The van der Waals surface area contributed by atoms with Gasteiger partial charge in [0.05, 0.1) is 18.4 Å². The number of fused-ring (bicyclic) bond motifs is 1. The maximum atomic E-state index is 12.8. The van der Waals surface area contributed by atoms with Crippen molar-refractivity contribution in [3.63, 3.8) is 0 Å². The summed E-state index contributed by atoms with van der Waals surface area (Å²) in [6.07, 6.45) is 1.72. The Kier molecular flexibility index (Phi) is 5.56. The molecule has 1 N–H and O–H groups in total. The Morgan fingerprint density at radius 1 is 1.13 bits per heavy atom. The molecule has 0 bridgehead atoms. The van der Waals surface area contributed by atoms with E-state index in [4.69, 9.17) is 4.74 Å². The van der Waals surface area contributed by atoms with E-state index in [1.165, 1.54) is 18.4 Å². The molecule has 158 valence electrons. The summed E-state index contributed by atoms with van der Waals surface area (Å²) >= 11 is 1.35. The first-order valence-corrected chi connectivity index (χ1v) is 10.6. The molecule has 0 radical (unpaired) electrons. The molecular formula is C23H22N4O3S. The quantitative estimate of drug-likeness (QED) is 0.467. The summed E-state index contributed by atoms with van der Waals surface area (Å²) in [5, 5.41) is 8.81. The van der Waals surface area contributed by atoms with E-state index >= 15 is 0 Å². The van der Waals surface area contributed by atoms with Gasteiger partial charge in [-0.2, -0.15) is 5.10 Å². The van der Waals surface area contributed by atoms with Gasteiger partial charge in [-0.1, -0.05) is 30.3 Å². The highest BCUT2D eigenvalue weighted by molar-refractivity contribution is 7.16. The first-order chi connectivity index (χ1) is 14.9. The van der Waals surface area contributed by atoms with Gasteiger partial charge in [-0.25, -0.2) is 14.5 Å². The number of aromatic nitrogens is 3. The van der Waals surface area contributed by atoms with Crippen molar-refractivity contribution in [2.24, 2.45) is 0 Å². The number of hydrogen-bond acceptors (Lipinski definition) is 6. The number of nitrogens with one attached hydrogen (secondary N) is 1. The van der Waals surface area contributed by atoms with Gasteiger partial charge in [0.15, 0.2) is 5.65 Å². The van der Waals surface area contributed by atoms with Crippen LogP contribution in [0.1, 0.15) is 26.5 Å². The second kappa shape index (κ2) is 8.31. The number of anilines is 1. The number of ether oxygens (including phenoxy) is 1. The first kappa shape index (κ1) is 20.7. The lowest BCUT2D eigenvalue weighted by Gasteiger charge is -2.07. The normalized spacial score (nSPS) is 11.0. The number of carbonyl (C=O) groups is 2. The first-order valence-electron chi connectivity index (χ1n) is 9.76. The molecule has 0 aliphatic carbocycles. The van der Waals surface area contributed by atoms with E-state index in [0.717, 1.165) is 32.6 Å². The Morgan fingerprint density at radius 2 is 1.87 bits per heavy atom. The number of hydrogen-bond donors (Lipinski definition) is 1. The molecule has 0 saturated heterocycles. The third kappa shape index (κ3) is 3.82. The van der Waals surface area contributed by atoms with E-state index in [0.29, 0.717) is 16.2 Å². The molecule has 0 aliphatic heterocycles. The molecule has 4 aromatic rings. The molecule has 0 spiro atoms. The zero-order valence-electron chi connectivity index (χ0n) is 17.7. The minimum atomic E-state index is -0.466. The zero-order valence-corrected chi connectivity index (χ0v) is 18.5. The topological polar surface area (TPSA) is 86.1 Å². The van der Waals surface area contributed by atoms with Crippen molar-refractivity contribution in [1.29, 1.82) is 0 Å². The Hall–Kier alpha value is -3.52. The van der Waals surface area contributed by atoms with Gasteiger partial charge in [-0.15, -0.1) is 11.3 Å². The van der Waals surface area contributed by atoms with Crippen LogP contribution in [-0.2, 0) is 16.1 Å². The summed E-state index contributed by atoms with van der Waals surface area (Å²) in [5.74, 6) is -0.755. The van der Waals surface area contributed by atoms with Crippen LogP contribution in [-0.4, -0.2) is 33.8 Å². The lowest BCUT2D eigenvalue weighted by atomic mass is 10.0. The number of methoxy groups -OCH3 is 1. The molecule has 1 aromatic carbocycles. The molecule has 1 amide bonds. The summed E-state index contributed by atoms with van der Waals surface area (Å²) in [6, 6.07) is 12.0. The van der Waals surface area contributed by atoms with Crippen LogP contribution in [0.25, 0.3) is 22.2 Å². The van der Waals surface area contributed by atoms with Crippen LogP contribution < -0.4 is 5.32 Å². The summed E-state index contributed by atoms with van der Waals surface area (Å²) in [4.78, 5) is 30.4. The van der Waals surface area contributed by atoms with Gasteiger partial charge >= 0.3 is 5.97 Å². The maximum Gasteiger partial charge on any atom is 0.341 e. The highest BCUT2D eigenvalue weighted by Crippen LogP contribution is 2.33.